The number of carbonyl (C=O) groups is 1. The summed E-state index contributed by atoms with van der Waals surface area (Å²) < 4.78 is 1.76. The molecule has 0 aliphatic rings. The number of anilines is 1. The number of thiazole rings is 1. The van der Waals surface area contributed by atoms with Gasteiger partial charge in [0.25, 0.3) is 5.91 Å². The lowest BCUT2D eigenvalue weighted by molar-refractivity contribution is 0.102. The molecule has 94 valence electrons. The minimum Gasteiger partial charge on any atom is -0.298 e. The van der Waals surface area contributed by atoms with Gasteiger partial charge in [-0.1, -0.05) is 15.9 Å². The highest BCUT2D eigenvalue weighted by molar-refractivity contribution is 14.1. The van der Waals surface area contributed by atoms with E-state index < -0.39 is 0 Å². The van der Waals surface area contributed by atoms with Gasteiger partial charge in [-0.2, -0.15) is 0 Å². The molecule has 0 saturated heterocycles. The van der Waals surface area contributed by atoms with E-state index in [9.17, 15) is 4.79 Å². The van der Waals surface area contributed by atoms with E-state index in [1.807, 2.05) is 17.5 Å². The monoisotopic (exact) mass is 456 g/mol. The number of hydrogen-bond donors (Lipinski definition) is 1. The third kappa shape index (κ3) is 3.43. The number of benzene rings is 1. The average Bonchev–Trinajstić information content (AvgIpc) is 2.80. The second-order valence-corrected chi connectivity index (χ2v) is 6.56. The molecule has 0 bridgehead atoms. The molecule has 18 heavy (non-hydrogen) atoms. The third-order valence-electron chi connectivity index (χ3n) is 2.08. The van der Waals surface area contributed by atoms with Crippen LogP contribution in [0.4, 0.5) is 5.13 Å². The van der Waals surface area contributed by atoms with Crippen molar-refractivity contribution in [2.24, 2.45) is 0 Å². The zero-order valence-corrected chi connectivity index (χ0v) is 14.2. The van der Waals surface area contributed by atoms with Crippen LogP contribution in [0.2, 0.25) is 0 Å². The number of rotatable bonds is 3. The molecule has 1 heterocycles. The van der Waals surface area contributed by atoms with E-state index in [1.165, 1.54) is 11.3 Å². The maximum atomic E-state index is 12.1. The van der Waals surface area contributed by atoms with E-state index in [1.54, 1.807) is 6.07 Å². The molecule has 1 aromatic heterocycles. The number of alkyl halides is 1. The molecule has 0 spiro atoms. The normalized spacial score (nSPS) is 10.4. The molecule has 2 rings (SSSR count). The first kappa shape index (κ1) is 14.2. The van der Waals surface area contributed by atoms with E-state index in [4.69, 9.17) is 11.6 Å². The first-order valence-electron chi connectivity index (χ1n) is 4.87. The molecule has 1 amide bonds. The molecule has 0 saturated carbocycles. The highest BCUT2D eigenvalue weighted by Crippen LogP contribution is 2.21. The zero-order valence-electron chi connectivity index (χ0n) is 8.91. The molecule has 0 radical (unpaired) electrons. The predicted octanol–water partition coefficient (Wildman–Crippen LogP) is 4.50. The maximum Gasteiger partial charge on any atom is 0.258 e. The highest BCUT2D eigenvalue weighted by atomic mass is 127. The molecular formula is C11H7BrClIN2OS. The van der Waals surface area contributed by atoms with Crippen molar-refractivity contribution in [3.05, 3.63) is 42.9 Å². The summed E-state index contributed by atoms with van der Waals surface area (Å²) >= 11 is 12.5. The number of carbonyl (C=O) groups excluding carboxylic acids is 1. The zero-order chi connectivity index (χ0) is 13.1. The third-order valence-corrected chi connectivity index (χ3v) is 4.60. The predicted molar refractivity (Wildman–Crippen MR) is 86.5 cm³/mol. The van der Waals surface area contributed by atoms with Crippen molar-refractivity contribution in [2.45, 2.75) is 5.88 Å². The Hall–Kier alpha value is -0.180. The fourth-order valence-corrected chi connectivity index (χ4v) is 3.14. The summed E-state index contributed by atoms with van der Waals surface area (Å²) in [5.74, 6) is 0.178. The van der Waals surface area contributed by atoms with Crippen LogP contribution in [0, 0.1) is 3.57 Å². The number of nitrogens with one attached hydrogen (secondary N) is 1. The second-order valence-electron chi connectivity index (χ2n) is 3.36. The Morgan fingerprint density at radius 1 is 1.56 bits per heavy atom. The second kappa shape index (κ2) is 6.31. The summed E-state index contributed by atoms with van der Waals surface area (Å²) in [7, 11) is 0. The van der Waals surface area contributed by atoms with Crippen molar-refractivity contribution in [1.82, 2.24) is 4.98 Å². The van der Waals surface area contributed by atoms with Gasteiger partial charge in [0.2, 0.25) is 0 Å². The van der Waals surface area contributed by atoms with Crippen LogP contribution in [-0.4, -0.2) is 10.9 Å². The van der Waals surface area contributed by atoms with Crippen LogP contribution in [0.3, 0.4) is 0 Å². The van der Waals surface area contributed by atoms with Gasteiger partial charge in [0.05, 0.1) is 17.1 Å². The van der Waals surface area contributed by atoms with Crippen LogP contribution in [0.15, 0.2) is 28.1 Å². The van der Waals surface area contributed by atoms with E-state index in [0.29, 0.717) is 16.6 Å². The summed E-state index contributed by atoms with van der Waals surface area (Å²) in [6.45, 7) is 0. The van der Waals surface area contributed by atoms with E-state index in [2.05, 4.69) is 48.8 Å². The van der Waals surface area contributed by atoms with Gasteiger partial charge in [-0.25, -0.2) is 4.98 Å². The Morgan fingerprint density at radius 3 is 3.00 bits per heavy atom. The Kier molecular flexibility index (Phi) is 4.99. The molecule has 0 fully saturated rings. The quantitative estimate of drug-likeness (QED) is 0.545. The average molecular weight is 458 g/mol. The largest absolute Gasteiger partial charge is 0.298 e. The molecule has 0 aliphatic heterocycles. The van der Waals surface area contributed by atoms with Gasteiger partial charge in [0.15, 0.2) is 5.13 Å². The SMILES string of the molecule is O=C(Nc1nc(CCl)cs1)c1cc(Br)ccc1I. The summed E-state index contributed by atoms with van der Waals surface area (Å²) in [5.41, 5.74) is 1.38. The van der Waals surface area contributed by atoms with Gasteiger partial charge < -0.3 is 0 Å². The lowest BCUT2D eigenvalue weighted by Gasteiger charge is -2.04. The molecule has 7 heteroatoms. The smallest absolute Gasteiger partial charge is 0.258 e. The number of nitrogens with zero attached hydrogens (tertiary/aromatic N) is 1. The molecule has 0 aliphatic carbocycles. The molecule has 0 atom stereocenters. The minimum atomic E-state index is -0.170. The molecule has 2 aromatic rings. The van der Waals surface area contributed by atoms with Crippen molar-refractivity contribution in [1.29, 1.82) is 0 Å². The van der Waals surface area contributed by atoms with Crippen LogP contribution in [0.25, 0.3) is 0 Å². The van der Waals surface area contributed by atoms with Gasteiger partial charge >= 0.3 is 0 Å². The van der Waals surface area contributed by atoms with Crippen LogP contribution in [-0.2, 0) is 5.88 Å². The Labute approximate surface area is 135 Å². The van der Waals surface area contributed by atoms with Gasteiger partial charge in [0.1, 0.15) is 0 Å². The Balaban J connectivity index is 2.19. The fourth-order valence-electron chi connectivity index (χ4n) is 1.26. The molecule has 0 unspecified atom stereocenters. The lowest BCUT2D eigenvalue weighted by Crippen LogP contribution is -2.13. The summed E-state index contributed by atoms with van der Waals surface area (Å²) in [6.07, 6.45) is 0. The maximum absolute atomic E-state index is 12.1. The number of hydrogen-bond acceptors (Lipinski definition) is 3. The van der Waals surface area contributed by atoms with Crippen LogP contribution in [0.1, 0.15) is 16.1 Å². The highest BCUT2D eigenvalue weighted by Gasteiger charge is 2.12. The Morgan fingerprint density at radius 2 is 2.33 bits per heavy atom. The molecule has 1 aromatic carbocycles. The van der Waals surface area contributed by atoms with Gasteiger partial charge in [-0.3, -0.25) is 10.1 Å². The van der Waals surface area contributed by atoms with E-state index in [-0.39, 0.29) is 5.91 Å². The van der Waals surface area contributed by atoms with Gasteiger partial charge in [0, 0.05) is 13.4 Å². The van der Waals surface area contributed by atoms with Gasteiger partial charge in [-0.15, -0.1) is 22.9 Å². The lowest BCUT2D eigenvalue weighted by atomic mass is 10.2. The van der Waals surface area contributed by atoms with Crippen molar-refractivity contribution >= 4 is 72.5 Å². The van der Waals surface area contributed by atoms with Crippen LogP contribution >= 0.6 is 61.5 Å². The van der Waals surface area contributed by atoms with Gasteiger partial charge in [-0.05, 0) is 40.8 Å². The van der Waals surface area contributed by atoms with Crippen LogP contribution in [0.5, 0.6) is 0 Å². The fraction of sp³-hybridized carbons (Fsp3) is 0.0909. The number of halogens is 3. The molecule has 1 N–H and O–H groups in total. The van der Waals surface area contributed by atoms with Crippen LogP contribution < -0.4 is 5.32 Å². The minimum absolute atomic E-state index is 0.170. The molecular weight excluding hydrogens is 450 g/mol. The Bertz CT molecular complexity index is 590. The number of aromatic nitrogens is 1. The molecule has 3 nitrogen and oxygen atoms in total. The first-order chi connectivity index (χ1) is 8.60. The number of amides is 1. The van der Waals surface area contributed by atoms with Crippen molar-refractivity contribution < 1.29 is 4.79 Å². The summed E-state index contributed by atoms with van der Waals surface area (Å²) in [4.78, 5) is 16.3. The van der Waals surface area contributed by atoms with E-state index in [0.717, 1.165) is 13.7 Å². The topological polar surface area (TPSA) is 42.0 Å². The first-order valence-corrected chi connectivity index (χ1v) is 8.15. The van der Waals surface area contributed by atoms with Crippen molar-refractivity contribution in [2.75, 3.05) is 5.32 Å². The summed E-state index contributed by atoms with van der Waals surface area (Å²) in [5, 5.41) is 5.15. The van der Waals surface area contributed by atoms with Crippen molar-refractivity contribution in [3.8, 4) is 0 Å². The standard InChI is InChI=1S/C11H7BrClIN2OS/c12-6-1-2-9(14)8(3-6)10(17)16-11-15-7(4-13)5-18-11/h1-3,5H,4H2,(H,15,16,17). The van der Waals surface area contributed by atoms with E-state index >= 15 is 0 Å². The van der Waals surface area contributed by atoms with Crippen molar-refractivity contribution in [3.63, 3.8) is 0 Å². The summed E-state index contributed by atoms with van der Waals surface area (Å²) in [6, 6.07) is 5.56.